The molecule has 0 aliphatic heterocycles. The molecule has 220 valence electrons. The van der Waals surface area contributed by atoms with Crippen molar-refractivity contribution in [2.24, 2.45) is 0 Å². The van der Waals surface area contributed by atoms with Crippen LogP contribution in [0.5, 0.6) is 11.8 Å². The molecule has 0 spiro atoms. The van der Waals surface area contributed by atoms with Crippen LogP contribution in [0.2, 0.25) is 0 Å². The van der Waals surface area contributed by atoms with Gasteiger partial charge in [-0.25, -0.2) is 4.98 Å². The Labute approximate surface area is 240 Å². The van der Waals surface area contributed by atoms with Crippen molar-refractivity contribution >= 4 is 0 Å². The minimum Gasteiger partial charge on any atom is -0.493 e. The first-order valence-electron chi connectivity index (χ1n) is 14.5. The number of rotatable bonds is 17. The first-order valence-corrected chi connectivity index (χ1v) is 14.5. The Morgan fingerprint density at radius 2 is 1.48 bits per heavy atom. The first kappa shape index (κ1) is 33.1. The minimum absolute atomic E-state index is 0.0894. The van der Waals surface area contributed by atoms with Crippen molar-refractivity contribution in [2.75, 3.05) is 46.8 Å². The highest BCUT2D eigenvalue weighted by atomic mass is 16.5. The van der Waals surface area contributed by atoms with Crippen LogP contribution in [0, 0.1) is 0 Å². The maximum atomic E-state index is 8.26. The number of benzene rings is 2. The molecule has 8 heteroatoms. The zero-order valence-corrected chi connectivity index (χ0v) is 24.9. The van der Waals surface area contributed by atoms with Crippen LogP contribution in [0.15, 0.2) is 42.5 Å². The summed E-state index contributed by atoms with van der Waals surface area (Å²) in [7, 11) is 1.58. The van der Waals surface area contributed by atoms with Gasteiger partial charge in [0.15, 0.2) is 11.6 Å². The molecule has 40 heavy (non-hydrogen) atoms. The monoisotopic (exact) mass is 553 g/mol. The maximum absolute atomic E-state index is 8.26. The molecule has 0 bridgehead atoms. The molecule has 3 rings (SSSR count). The van der Waals surface area contributed by atoms with Crippen LogP contribution in [-0.4, -0.2) is 66.8 Å². The quantitative estimate of drug-likeness (QED) is 0.194. The predicted octanol–water partition coefficient (Wildman–Crippen LogP) is 6.33. The van der Waals surface area contributed by atoms with Crippen LogP contribution in [0.25, 0.3) is 22.8 Å². The van der Waals surface area contributed by atoms with Gasteiger partial charge in [0.2, 0.25) is 0 Å². The number of unbranched alkanes of at least 4 members (excludes halogenated alkanes) is 3. The summed E-state index contributed by atoms with van der Waals surface area (Å²) in [6.07, 6.45) is 6.53. The first-order chi connectivity index (χ1) is 19.6. The van der Waals surface area contributed by atoms with E-state index in [0.29, 0.717) is 44.1 Å². The lowest BCUT2D eigenvalue weighted by Gasteiger charge is -2.18. The van der Waals surface area contributed by atoms with Crippen molar-refractivity contribution in [1.82, 2.24) is 15.0 Å². The number of aryl methyl sites for hydroxylation is 1. The third kappa shape index (κ3) is 10.8. The van der Waals surface area contributed by atoms with Crippen LogP contribution in [0.3, 0.4) is 0 Å². The van der Waals surface area contributed by atoms with E-state index >= 15 is 0 Å². The molecule has 0 aliphatic carbocycles. The van der Waals surface area contributed by atoms with E-state index in [1.807, 2.05) is 37.3 Å². The number of ether oxygens (including phenoxy) is 4. The second-order valence-corrected chi connectivity index (χ2v) is 9.06. The van der Waals surface area contributed by atoms with E-state index in [4.69, 9.17) is 29.0 Å². The second kappa shape index (κ2) is 19.9. The molecule has 0 radical (unpaired) electrons. The number of hydrogen-bond acceptors (Lipinski definition) is 8. The summed E-state index contributed by atoms with van der Waals surface area (Å²) in [5.41, 5.74) is 4.35. The lowest BCUT2D eigenvalue weighted by Crippen LogP contribution is -2.07. The zero-order valence-electron chi connectivity index (χ0n) is 24.9. The molecule has 0 atom stereocenters. The van der Waals surface area contributed by atoms with Crippen LogP contribution in [0.1, 0.15) is 64.5 Å². The Morgan fingerprint density at radius 3 is 2.12 bits per heavy atom. The summed E-state index contributed by atoms with van der Waals surface area (Å²) >= 11 is 0. The Bertz CT molecular complexity index is 1090. The normalized spacial score (nSPS) is 10.7. The third-order valence-electron chi connectivity index (χ3n) is 6.22. The van der Waals surface area contributed by atoms with Gasteiger partial charge < -0.3 is 24.1 Å². The van der Waals surface area contributed by atoms with Crippen molar-refractivity contribution in [3.63, 3.8) is 0 Å². The summed E-state index contributed by atoms with van der Waals surface area (Å²) in [5, 5.41) is 8.26. The molecule has 3 aromatic rings. The molecule has 2 aromatic carbocycles. The van der Waals surface area contributed by atoms with Crippen molar-refractivity contribution in [1.29, 1.82) is 0 Å². The molecule has 8 nitrogen and oxygen atoms in total. The molecule has 0 fully saturated rings. The van der Waals surface area contributed by atoms with Crippen molar-refractivity contribution in [3.05, 3.63) is 53.6 Å². The number of aliphatic hydroxyl groups excluding tert-OH is 1. The molecular weight excluding hydrogens is 506 g/mol. The summed E-state index contributed by atoms with van der Waals surface area (Å²) in [6, 6.07) is 14.4. The number of hydrogen-bond donors (Lipinski definition) is 1. The van der Waals surface area contributed by atoms with Gasteiger partial charge in [0.1, 0.15) is 5.75 Å². The van der Waals surface area contributed by atoms with Gasteiger partial charge in [0.25, 0.3) is 0 Å². The van der Waals surface area contributed by atoms with Gasteiger partial charge in [-0.05, 0) is 43.4 Å². The minimum atomic E-state index is 0.0894. The van der Waals surface area contributed by atoms with Crippen LogP contribution >= 0.6 is 0 Å². The van der Waals surface area contributed by atoms with Gasteiger partial charge in [-0.15, -0.1) is 0 Å². The smallest absolute Gasteiger partial charge is 0.320 e. The lowest BCUT2D eigenvalue weighted by molar-refractivity contribution is 0.0370. The zero-order chi connectivity index (χ0) is 29.0. The highest BCUT2D eigenvalue weighted by molar-refractivity contribution is 5.70. The summed E-state index contributed by atoms with van der Waals surface area (Å²) in [6.45, 7) is 11.6. The molecule has 0 amide bonds. The molecular formula is C32H47N3O5. The molecule has 0 aliphatic rings. The van der Waals surface area contributed by atoms with E-state index in [1.165, 1.54) is 30.4 Å². The largest absolute Gasteiger partial charge is 0.493 e. The van der Waals surface area contributed by atoms with Crippen LogP contribution in [0.4, 0.5) is 0 Å². The maximum Gasteiger partial charge on any atom is 0.320 e. The van der Waals surface area contributed by atoms with Gasteiger partial charge >= 0.3 is 6.01 Å². The van der Waals surface area contributed by atoms with Gasteiger partial charge in [-0.3, -0.25) is 0 Å². The SMILES string of the molecule is CCCCCCOc1c(-c2nc(OC)nc(-c3ccccc3)n2)ccc(CC)c1CC.CCOCCOCCO. The fraction of sp³-hybridized carbons (Fsp3) is 0.531. The van der Waals surface area contributed by atoms with E-state index in [9.17, 15) is 0 Å². The predicted molar refractivity (Wildman–Crippen MR) is 160 cm³/mol. The van der Waals surface area contributed by atoms with E-state index in [-0.39, 0.29) is 6.61 Å². The Kier molecular flexibility index (Phi) is 16.5. The highest BCUT2D eigenvalue weighted by Crippen LogP contribution is 2.36. The van der Waals surface area contributed by atoms with Crippen molar-refractivity contribution < 1.29 is 24.1 Å². The Balaban J connectivity index is 0.000000536. The number of aliphatic hydroxyl groups is 1. The number of nitrogens with zero attached hydrogens (tertiary/aromatic N) is 3. The second-order valence-electron chi connectivity index (χ2n) is 9.06. The molecule has 1 aromatic heterocycles. The van der Waals surface area contributed by atoms with E-state index in [2.05, 4.69) is 42.9 Å². The fourth-order valence-electron chi connectivity index (χ4n) is 4.14. The highest BCUT2D eigenvalue weighted by Gasteiger charge is 2.19. The molecule has 0 unspecified atom stereocenters. The summed E-state index contributed by atoms with van der Waals surface area (Å²) in [4.78, 5) is 13.8. The molecule has 1 heterocycles. The van der Waals surface area contributed by atoms with Crippen LogP contribution in [-0.2, 0) is 22.3 Å². The topological polar surface area (TPSA) is 95.8 Å². The Morgan fingerprint density at radius 1 is 0.725 bits per heavy atom. The summed E-state index contributed by atoms with van der Waals surface area (Å²) in [5.74, 6) is 2.06. The van der Waals surface area contributed by atoms with E-state index < -0.39 is 0 Å². The lowest BCUT2D eigenvalue weighted by atomic mass is 9.97. The Hall–Kier alpha value is -3.07. The molecule has 1 N–H and O–H groups in total. The third-order valence-corrected chi connectivity index (χ3v) is 6.22. The van der Waals surface area contributed by atoms with E-state index in [0.717, 1.165) is 42.7 Å². The van der Waals surface area contributed by atoms with Crippen molar-refractivity contribution in [2.45, 2.75) is 66.2 Å². The standard InChI is InChI=1S/C26H33N3O2.C6H14O3/c1-5-8-9-13-18-31-23-21(7-3)19(6-2)16-17-22(23)25-27-24(28-26(29-25)30-4)20-14-11-10-12-15-20;1-2-8-5-6-9-4-3-7/h10-12,14-17H,5-9,13,18H2,1-4H3;7H,2-6H2,1H3. The number of methoxy groups -OCH3 is 1. The average molecular weight is 554 g/mol. The van der Waals surface area contributed by atoms with Gasteiger partial charge in [-0.1, -0.05) is 76.4 Å². The van der Waals surface area contributed by atoms with Gasteiger partial charge in [0.05, 0.1) is 45.7 Å². The van der Waals surface area contributed by atoms with Gasteiger partial charge in [0, 0.05) is 12.2 Å². The summed E-state index contributed by atoms with van der Waals surface area (Å²) < 4.78 is 21.7. The van der Waals surface area contributed by atoms with Gasteiger partial charge in [-0.2, -0.15) is 9.97 Å². The van der Waals surface area contributed by atoms with E-state index in [1.54, 1.807) is 7.11 Å². The average Bonchev–Trinajstić information content (AvgIpc) is 3.01. The molecule has 0 saturated carbocycles. The van der Waals surface area contributed by atoms with Crippen molar-refractivity contribution in [3.8, 4) is 34.5 Å². The van der Waals surface area contributed by atoms with Crippen LogP contribution < -0.4 is 9.47 Å². The molecule has 0 saturated heterocycles. The number of aromatic nitrogens is 3. The fourth-order valence-corrected chi connectivity index (χ4v) is 4.14.